The zero-order valence-corrected chi connectivity index (χ0v) is 9.75. The molecule has 0 aliphatic heterocycles. The Bertz CT molecular complexity index is 447. The molecule has 0 saturated heterocycles. The first-order chi connectivity index (χ1) is 7.16. The molecule has 0 aliphatic carbocycles. The van der Waals surface area contributed by atoms with Crippen LogP contribution in [0.5, 0.6) is 0 Å². The van der Waals surface area contributed by atoms with Crippen LogP contribution < -0.4 is 5.32 Å². The van der Waals surface area contributed by atoms with Gasteiger partial charge >= 0.3 is 0 Å². The van der Waals surface area contributed by atoms with Gasteiger partial charge in [-0.05, 0) is 36.4 Å². The van der Waals surface area contributed by atoms with Gasteiger partial charge in [0.05, 0.1) is 6.04 Å². The molecule has 80 valence electrons. The van der Waals surface area contributed by atoms with Crippen molar-refractivity contribution in [2.75, 3.05) is 5.32 Å². The molecule has 5 nitrogen and oxygen atoms in total. The van der Waals surface area contributed by atoms with Gasteiger partial charge in [0.25, 0.3) is 0 Å². The van der Waals surface area contributed by atoms with E-state index in [1.807, 2.05) is 7.05 Å². The molecule has 0 bridgehead atoms. The summed E-state index contributed by atoms with van der Waals surface area (Å²) in [5.74, 6) is 0.688. The van der Waals surface area contributed by atoms with Gasteiger partial charge in [0.15, 0.2) is 0 Å². The molecule has 0 spiro atoms. The van der Waals surface area contributed by atoms with Crippen molar-refractivity contribution in [3.63, 3.8) is 0 Å². The molecule has 6 heteroatoms. The molecule has 0 saturated carbocycles. The average molecular weight is 223 g/mol. The molecular weight excluding hydrogens is 210 g/mol. The summed E-state index contributed by atoms with van der Waals surface area (Å²) in [5.41, 5.74) is 0. The van der Waals surface area contributed by atoms with Gasteiger partial charge in [0.2, 0.25) is 5.95 Å². The summed E-state index contributed by atoms with van der Waals surface area (Å²) in [4.78, 5) is 2.60. The summed E-state index contributed by atoms with van der Waals surface area (Å²) in [6.45, 7) is 4.20. The molecule has 1 unspecified atom stereocenters. The third-order valence-electron chi connectivity index (χ3n) is 2.15. The fraction of sp³-hybridized carbons (Fsp3) is 0.444. The largest absolute Gasteiger partial charge is 0.346 e. The number of hydrogen-bond donors (Lipinski definition) is 1. The number of hydrogen-bond acceptors (Lipinski definition) is 5. The van der Waals surface area contributed by atoms with Gasteiger partial charge < -0.3 is 5.32 Å². The molecule has 2 rings (SSSR count). The fourth-order valence-corrected chi connectivity index (χ4v) is 2.18. The lowest BCUT2D eigenvalue weighted by molar-refractivity contribution is 0.707. The molecule has 0 aliphatic rings. The highest BCUT2D eigenvalue weighted by Crippen LogP contribution is 2.24. The molecule has 1 N–H and O–H groups in total. The molecule has 0 aromatic carbocycles. The van der Waals surface area contributed by atoms with Crippen molar-refractivity contribution in [3.8, 4) is 0 Å². The Morgan fingerprint density at radius 3 is 2.80 bits per heavy atom. The summed E-state index contributed by atoms with van der Waals surface area (Å²) >= 11 is 1.78. The lowest BCUT2D eigenvalue weighted by Gasteiger charge is -2.10. The van der Waals surface area contributed by atoms with Crippen LogP contribution in [0.1, 0.15) is 22.7 Å². The lowest BCUT2D eigenvalue weighted by Crippen LogP contribution is -2.09. The molecule has 0 fully saturated rings. The Hall–Kier alpha value is -1.43. The van der Waals surface area contributed by atoms with E-state index in [9.17, 15) is 0 Å². The predicted molar refractivity (Wildman–Crippen MR) is 59.9 cm³/mol. The standard InChI is InChI=1S/C9H13N5S/c1-6-4-5-8(15-6)7(2)10-9-11-12-13-14(9)3/h4-5,7H,1-3H3,(H,10,11,13). The van der Waals surface area contributed by atoms with E-state index in [4.69, 9.17) is 0 Å². The third kappa shape index (κ3) is 2.15. The van der Waals surface area contributed by atoms with Gasteiger partial charge in [-0.25, -0.2) is 4.68 Å². The SMILES string of the molecule is Cc1ccc(C(C)Nc2nnnn2C)s1. The van der Waals surface area contributed by atoms with Crippen LogP contribution in [0.3, 0.4) is 0 Å². The van der Waals surface area contributed by atoms with Crippen molar-refractivity contribution in [3.05, 3.63) is 21.9 Å². The van der Waals surface area contributed by atoms with Crippen molar-refractivity contribution in [2.24, 2.45) is 7.05 Å². The van der Waals surface area contributed by atoms with E-state index in [-0.39, 0.29) is 6.04 Å². The lowest BCUT2D eigenvalue weighted by atomic mass is 10.3. The summed E-state index contributed by atoms with van der Waals surface area (Å²) in [7, 11) is 1.81. The van der Waals surface area contributed by atoms with E-state index in [0.29, 0.717) is 5.95 Å². The maximum absolute atomic E-state index is 3.88. The van der Waals surface area contributed by atoms with Crippen molar-refractivity contribution >= 4 is 17.3 Å². The van der Waals surface area contributed by atoms with E-state index < -0.39 is 0 Å². The quantitative estimate of drug-likeness (QED) is 0.861. The highest BCUT2D eigenvalue weighted by atomic mass is 32.1. The summed E-state index contributed by atoms with van der Waals surface area (Å²) in [6, 6.07) is 4.47. The van der Waals surface area contributed by atoms with Crippen LogP contribution in [0.25, 0.3) is 0 Å². The van der Waals surface area contributed by atoms with Crippen LogP contribution in [0, 0.1) is 6.92 Å². The number of thiophene rings is 1. The topological polar surface area (TPSA) is 55.6 Å². The van der Waals surface area contributed by atoms with Crippen LogP contribution in [0.4, 0.5) is 5.95 Å². The highest BCUT2D eigenvalue weighted by Gasteiger charge is 2.10. The Kier molecular flexibility index (Phi) is 2.68. The fourth-order valence-electron chi connectivity index (χ4n) is 1.30. The molecule has 1 atom stereocenters. The zero-order valence-electron chi connectivity index (χ0n) is 8.93. The number of rotatable bonds is 3. The minimum atomic E-state index is 0.230. The minimum Gasteiger partial charge on any atom is -0.346 e. The summed E-state index contributed by atoms with van der Waals surface area (Å²) in [6.07, 6.45) is 0. The first-order valence-corrected chi connectivity index (χ1v) is 5.53. The van der Waals surface area contributed by atoms with Crippen LogP contribution in [-0.4, -0.2) is 20.2 Å². The zero-order chi connectivity index (χ0) is 10.8. The number of anilines is 1. The maximum Gasteiger partial charge on any atom is 0.243 e. The van der Waals surface area contributed by atoms with Crippen molar-refractivity contribution < 1.29 is 0 Å². The highest BCUT2D eigenvalue weighted by molar-refractivity contribution is 7.12. The number of tetrazole rings is 1. The maximum atomic E-state index is 3.88. The van der Waals surface area contributed by atoms with Gasteiger partial charge in [-0.3, -0.25) is 0 Å². The average Bonchev–Trinajstić information content (AvgIpc) is 2.77. The Balaban J connectivity index is 2.10. The second-order valence-corrected chi connectivity index (χ2v) is 4.76. The molecule has 0 radical (unpaired) electrons. The Morgan fingerprint density at radius 2 is 2.27 bits per heavy atom. The Morgan fingerprint density at radius 1 is 1.47 bits per heavy atom. The molecule has 15 heavy (non-hydrogen) atoms. The smallest absolute Gasteiger partial charge is 0.243 e. The molecule has 0 amide bonds. The van der Waals surface area contributed by atoms with Crippen molar-refractivity contribution in [1.82, 2.24) is 20.2 Å². The second-order valence-electron chi connectivity index (χ2n) is 3.44. The van der Waals surface area contributed by atoms with Gasteiger partial charge in [-0.1, -0.05) is 5.10 Å². The van der Waals surface area contributed by atoms with Crippen LogP contribution in [-0.2, 0) is 7.05 Å². The third-order valence-corrected chi connectivity index (χ3v) is 3.34. The van der Waals surface area contributed by atoms with Crippen LogP contribution in [0.15, 0.2) is 12.1 Å². The van der Waals surface area contributed by atoms with Crippen molar-refractivity contribution in [2.45, 2.75) is 19.9 Å². The first-order valence-electron chi connectivity index (χ1n) is 4.72. The number of aromatic nitrogens is 4. The second kappa shape index (κ2) is 3.98. The normalized spacial score (nSPS) is 12.7. The molecule has 2 heterocycles. The monoisotopic (exact) mass is 223 g/mol. The van der Waals surface area contributed by atoms with E-state index in [1.54, 1.807) is 16.0 Å². The van der Waals surface area contributed by atoms with Crippen LogP contribution in [0.2, 0.25) is 0 Å². The summed E-state index contributed by atoms with van der Waals surface area (Å²) < 4.78 is 1.62. The Labute approximate surface area is 92.1 Å². The predicted octanol–water partition coefficient (Wildman–Crippen LogP) is 1.75. The van der Waals surface area contributed by atoms with E-state index in [0.717, 1.165) is 0 Å². The number of aryl methyl sites for hydroxylation is 2. The van der Waals surface area contributed by atoms with Gasteiger partial charge in [0.1, 0.15) is 0 Å². The van der Waals surface area contributed by atoms with Gasteiger partial charge in [-0.2, -0.15) is 0 Å². The van der Waals surface area contributed by atoms with Crippen molar-refractivity contribution in [1.29, 1.82) is 0 Å². The minimum absolute atomic E-state index is 0.230. The number of nitrogens with zero attached hydrogens (tertiary/aromatic N) is 4. The van der Waals surface area contributed by atoms with Crippen LogP contribution >= 0.6 is 11.3 Å². The first kappa shape index (κ1) is 10.1. The molecule has 2 aromatic rings. The molecule has 2 aromatic heterocycles. The number of nitrogens with one attached hydrogen (secondary N) is 1. The summed E-state index contributed by atoms with van der Waals surface area (Å²) in [5, 5.41) is 14.5. The van der Waals surface area contributed by atoms with E-state index in [2.05, 4.69) is 46.8 Å². The van der Waals surface area contributed by atoms with Gasteiger partial charge in [-0.15, -0.1) is 11.3 Å². The van der Waals surface area contributed by atoms with E-state index in [1.165, 1.54) is 9.75 Å². The van der Waals surface area contributed by atoms with Gasteiger partial charge in [0, 0.05) is 16.8 Å². The van der Waals surface area contributed by atoms with E-state index >= 15 is 0 Å². The molecular formula is C9H13N5S.